The van der Waals surface area contributed by atoms with E-state index in [4.69, 9.17) is 23.2 Å². The Balaban J connectivity index is 1.87. The van der Waals surface area contributed by atoms with E-state index >= 15 is 0 Å². The maximum atomic E-state index is 12.9. The standard InChI is InChI=1S/C20H12BrCl2F3N2O2S/c21-12-4-7-18(28-31(30)14-3-1-2-11(8-14)20(24,25)26)15(9-12)19(29)27-13-5-6-16(22)17(23)10-13/h1-10,28H,(H,27,29). The molecule has 3 aromatic rings. The van der Waals surface area contributed by atoms with Gasteiger partial charge in [-0.1, -0.05) is 45.2 Å². The highest BCUT2D eigenvalue weighted by atomic mass is 79.9. The summed E-state index contributed by atoms with van der Waals surface area (Å²) in [6, 6.07) is 13.2. The third-order valence-electron chi connectivity index (χ3n) is 3.98. The minimum Gasteiger partial charge on any atom is -0.322 e. The van der Waals surface area contributed by atoms with E-state index in [1.165, 1.54) is 30.3 Å². The SMILES string of the molecule is O=C(Nc1ccc(Cl)c(Cl)c1)c1cc(Br)ccc1NS(=O)c1cccc(C(F)(F)F)c1. The lowest BCUT2D eigenvalue weighted by Crippen LogP contribution is -2.16. The maximum Gasteiger partial charge on any atom is 0.416 e. The lowest BCUT2D eigenvalue weighted by molar-refractivity contribution is -0.137. The number of rotatable bonds is 5. The molecule has 4 nitrogen and oxygen atoms in total. The zero-order chi connectivity index (χ0) is 22.8. The monoisotopic (exact) mass is 550 g/mol. The lowest BCUT2D eigenvalue weighted by atomic mass is 10.1. The summed E-state index contributed by atoms with van der Waals surface area (Å²) in [4.78, 5) is 12.7. The number of hydrogen-bond donors (Lipinski definition) is 2. The number of carbonyl (C=O) groups excluding carboxylic acids is 1. The van der Waals surface area contributed by atoms with Crippen LogP contribution in [0.4, 0.5) is 24.5 Å². The average Bonchev–Trinajstić information content (AvgIpc) is 2.71. The van der Waals surface area contributed by atoms with Crippen LogP contribution in [0.2, 0.25) is 10.0 Å². The van der Waals surface area contributed by atoms with Gasteiger partial charge in [0.15, 0.2) is 0 Å². The zero-order valence-electron chi connectivity index (χ0n) is 15.3. The molecule has 0 aromatic heterocycles. The van der Waals surface area contributed by atoms with Crippen molar-refractivity contribution in [2.45, 2.75) is 11.1 Å². The van der Waals surface area contributed by atoms with Crippen LogP contribution in [0.25, 0.3) is 0 Å². The Morgan fingerprint density at radius 3 is 2.39 bits per heavy atom. The molecular weight excluding hydrogens is 540 g/mol. The quantitative estimate of drug-likeness (QED) is 0.353. The van der Waals surface area contributed by atoms with E-state index in [9.17, 15) is 22.2 Å². The first-order valence-electron chi connectivity index (χ1n) is 8.46. The van der Waals surface area contributed by atoms with Crippen LogP contribution in [-0.2, 0) is 17.2 Å². The maximum absolute atomic E-state index is 12.9. The molecule has 1 amide bonds. The normalized spacial score (nSPS) is 12.3. The molecule has 0 saturated carbocycles. The summed E-state index contributed by atoms with van der Waals surface area (Å²) in [6.07, 6.45) is -4.57. The Bertz CT molecular complexity index is 1180. The van der Waals surface area contributed by atoms with Gasteiger partial charge in [0, 0.05) is 10.2 Å². The number of halogens is 6. The van der Waals surface area contributed by atoms with Gasteiger partial charge in [-0.3, -0.25) is 4.79 Å². The third kappa shape index (κ3) is 6.00. The molecule has 0 fully saturated rings. The summed E-state index contributed by atoms with van der Waals surface area (Å²) >= 11 is 15.1. The molecule has 0 heterocycles. The predicted molar refractivity (Wildman–Crippen MR) is 120 cm³/mol. The van der Waals surface area contributed by atoms with Gasteiger partial charge in [0.2, 0.25) is 0 Å². The van der Waals surface area contributed by atoms with Crippen LogP contribution < -0.4 is 10.0 Å². The van der Waals surface area contributed by atoms with E-state index in [1.54, 1.807) is 12.1 Å². The molecule has 0 aliphatic heterocycles. The largest absolute Gasteiger partial charge is 0.416 e. The summed E-state index contributed by atoms with van der Waals surface area (Å²) in [7, 11) is -2.05. The molecule has 0 aliphatic carbocycles. The van der Waals surface area contributed by atoms with Crippen LogP contribution in [0.1, 0.15) is 15.9 Å². The molecule has 31 heavy (non-hydrogen) atoms. The van der Waals surface area contributed by atoms with Crippen LogP contribution >= 0.6 is 39.1 Å². The van der Waals surface area contributed by atoms with Gasteiger partial charge >= 0.3 is 6.18 Å². The van der Waals surface area contributed by atoms with Gasteiger partial charge in [-0.05, 0) is 54.6 Å². The fourth-order valence-electron chi connectivity index (χ4n) is 2.51. The molecule has 162 valence electrons. The van der Waals surface area contributed by atoms with Crippen LogP contribution in [0, 0.1) is 0 Å². The Morgan fingerprint density at radius 1 is 0.968 bits per heavy atom. The molecule has 3 rings (SSSR count). The summed E-state index contributed by atoms with van der Waals surface area (Å²) in [5.41, 5.74) is -0.268. The fraction of sp³-hybridized carbons (Fsp3) is 0.0500. The number of alkyl halides is 3. The molecule has 0 radical (unpaired) electrons. The van der Waals surface area contributed by atoms with Crippen LogP contribution in [0.5, 0.6) is 0 Å². The van der Waals surface area contributed by atoms with Crippen molar-refractivity contribution < 1.29 is 22.2 Å². The Labute approximate surface area is 196 Å². The van der Waals surface area contributed by atoms with Crippen molar-refractivity contribution in [2.24, 2.45) is 0 Å². The fourth-order valence-corrected chi connectivity index (χ4v) is 4.10. The summed E-state index contributed by atoms with van der Waals surface area (Å²) < 4.78 is 54.6. The van der Waals surface area contributed by atoms with E-state index in [0.717, 1.165) is 18.2 Å². The first kappa shape index (κ1) is 23.6. The molecule has 1 unspecified atom stereocenters. The smallest absolute Gasteiger partial charge is 0.322 e. The van der Waals surface area contributed by atoms with Crippen molar-refractivity contribution in [2.75, 3.05) is 10.0 Å². The second-order valence-electron chi connectivity index (χ2n) is 6.17. The highest BCUT2D eigenvalue weighted by Gasteiger charge is 2.31. The number of hydrogen-bond acceptors (Lipinski definition) is 2. The van der Waals surface area contributed by atoms with Gasteiger partial charge in [0.1, 0.15) is 11.0 Å². The molecule has 0 bridgehead atoms. The van der Waals surface area contributed by atoms with Crippen LogP contribution in [0.15, 0.2) is 70.0 Å². The minimum absolute atomic E-state index is 0.0893. The number of nitrogens with one attached hydrogen (secondary N) is 2. The summed E-state index contributed by atoms with van der Waals surface area (Å²) in [6.45, 7) is 0. The van der Waals surface area contributed by atoms with Crippen molar-refractivity contribution in [3.63, 3.8) is 0 Å². The molecular formula is C20H12BrCl2F3N2O2S. The molecule has 2 N–H and O–H groups in total. The third-order valence-corrected chi connectivity index (χ3v) is 6.30. The number of benzene rings is 3. The van der Waals surface area contributed by atoms with Gasteiger partial charge < -0.3 is 10.0 Å². The van der Waals surface area contributed by atoms with Gasteiger partial charge in [0.25, 0.3) is 5.91 Å². The number of anilines is 2. The molecule has 0 saturated heterocycles. The second-order valence-corrected chi connectivity index (χ2v) is 9.11. The number of amides is 1. The van der Waals surface area contributed by atoms with Crippen molar-refractivity contribution in [3.8, 4) is 0 Å². The summed E-state index contributed by atoms with van der Waals surface area (Å²) in [5, 5.41) is 3.21. The van der Waals surface area contributed by atoms with Crippen LogP contribution in [-0.4, -0.2) is 10.1 Å². The Hall–Kier alpha value is -2.07. The van der Waals surface area contributed by atoms with Crippen LogP contribution in [0.3, 0.4) is 0 Å². The van der Waals surface area contributed by atoms with Crippen molar-refractivity contribution in [1.82, 2.24) is 0 Å². The summed E-state index contributed by atoms with van der Waals surface area (Å²) in [5.74, 6) is -0.553. The lowest BCUT2D eigenvalue weighted by Gasteiger charge is -2.14. The zero-order valence-corrected chi connectivity index (χ0v) is 19.2. The van der Waals surface area contributed by atoms with E-state index < -0.39 is 28.6 Å². The molecule has 1 atom stereocenters. The van der Waals surface area contributed by atoms with Gasteiger partial charge in [-0.15, -0.1) is 0 Å². The Morgan fingerprint density at radius 2 is 1.71 bits per heavy atom. The van der Waals surface area contributed by atoms with Gasteiger partial charge in [-0.2, -0.15) is 13.2 Å². The molecule has 0 aliphatic rings. The van der Waals surface area contributed by atoms with Crippen molar-refractivity contribution in [3.05, 3.63) is 86.3 Å². The average molecular weight is 552 g/mol. The van der Waals surface area contributed by atoms with E-state index in [-0.39, 0.29) is 21.2 Å². The van der Waals surface area contributed by atoms with Crippen molar-refractivity contribution in [1.29, 1.82) is 0 Å². The minimum atomic E-state index is -4.57. The first-order chi connectivity index (χ1) is 14.5. The predicted octanol–water partition coefficient (Wildman–Crippen LogP) is 7.16. The molecule has 11 heteroatoms. The van der Waals surface area contributed by atoms with E-state index in [0.29, 0.717) is 15.2 Å². The topological polar surface area (TPSA) is 58.2 Å². The highest BCUT2D eigenvalue weighted by molar-refractivity contribution is 9.10. The molecule has 3 aromatic carbocycles. The van der Waals surface area contributed by atoms with E-state index in [2.05, 4.69) is 26.0 Å². The first-order valence-corrected chi connectivity index (χ1v) is 11.2. The highest BCUT2D eigenvalue weighted by Crippen LogP contribution is 2.31. The number of carbonyl (C=O) groups is 1. The molecule has 0 spiro atoms. The Kier molecular flexibility index (Phi) is 7.31. The van der Waals surface area contributed by atoms with Crippen molar-refractivity contribution >= 4 is 67.4 Å². The van der Waals surface area contributed by atoms with Gasteiger partial charge in [0.05, 0.1) is 31.8 Å². The second kappa shape index (κ2) is 9.60. The van der Waals surface area contributed by atoms with Gasteiger partial charge in [-0.25, -0.2) is 4.21 Å². The van der Waals surface area contributed by atoms with E-state index in [1.807, 2.05) is 0 Å².